The molecule has 1 aromatic carbocycles. The fourth-order valence-corrected chi connectivity index (χ4v) is 1.03. The summed E-state index contributed by atoms with van der Waals surface area (Å²) >= 11 is 0. The maximum absolute atomic E-state index is 11.6. The fourth-order valence-electron chi connectivity index (χ4n) is 1.03. The highest BCUT2D eigenvalue weighted by Gasteiger charge is 2.14. The molecule has 0 aromatic heterocycles. The second-order valence-corrected chi connectivity index (χ2v) is 3.04. The third kappa shape index (κ3) is 2.43. The zero-order valence-corrected chi connectivity index (χ0v) is 8.23. The smallest absolute Gasteiger partial charge is 0.333 e. The number of aliphatic carboxylic acids is 1. The standard InChI is InChI=1S/C11H11NO3/c1-7(11(14)15)9(12)10(13)8-5-3-2-4-6-8/h2-6H,12H2,1H3,(H,14,15)/b9-7-. The number of hydrogen-bond acceptors (Lipinski definition) is 3. The van der Waals surface area contributed by atoms with E-state index in [1.54, 1.807) is 30.3 Å². The number of rotatable bonds is 3. The third-order valence-corrected chi connectivity index (χ3v) is 2.01. The molecule has 0 heterocycles. The van der Waals surface area contributed by atoms with E-state index in [-0.39, 0.29) is 11.3 Å². The summed E-state index contributed by atoms with van der Waals surface area (Å²) < 4.78 is 0. The molecule has 1 aromatic rings. The van der Waals surface area contributed by atoms with Crippen molar-refractivity contribution in [2.45, 2.75) is 6.92 Å². The van der Waals surface area contributed by atoms with Crippen molar-refractivity contribution in [1.29, 1.82) is 0 Å². The monoisotopic (exact) mass is 205 g/mol. The number of allylic oxidation sites excluding steroid dienone is 1. The largest absolute Gasteiger partial charge is 0.478 e. The molecule has 0 bridgehead atoms. The van der Waals surface area contributed by atoms with E-state index in [9.17, 15) is 9.59 Å². The molecule has 0 atom stereocenters. The van der Waals surface area contributed by atoms with E-state index in [1.165, 1.54) is 6.92 Å². The third-order valence-electron chi connectivity index (χ3n) is 2.01. The first-order valence-corrected chi connectivity index (χ1v) is 4.33. The normalized spacial score (nSPS) is 11.8. The Balaban J connectivity index is 3.07. The maximum Gasteiger partial charge on any atom is 0.333 e. The number of carbonyl (C=O) groups is 2. The molecule has 78 valence electrons. The summed E-state index contributed by atoms with van der Waals surface area (Å²) in [5, 5.41) is 8.66. The molecule has 0 aliphatic rings. The number of carboxylic acids is 1. The van der Waals surface area contributed by atoms with Crippen LogP contribution in [0.15, 0.2) is 41.6 Å². The van der Waals surface area contributed by atoms with Crippen molar-refractivity contribution in [2.24, 2.45) is 5.73 Å². The van der Waals surface area contributed by atoms with Crippen LogP contribution in [0.2, 0.25) is 0 Å². The maximum atomic E-state index is 11.6. The van der Waals surface area contributed by atoms with Crippen molar-refractivity contribution in [2.75, 3.05) is 0 Å². The van der Waals surface area contributed by atoms with Gasteiger partial charge in [0.2, 0.25) is 5.78 Å². The van der Waals surface area contributed by atoms with Gasteiger partial charge in [-0.25, -0.2) is 4.79 Å². The molecular weight excluding hydrogens is 194 g/mol. The molecule has 0 aliphatic carbocycles. The van der Waals surface area contributed by atoms with Gasteiger partial charge in [0, 0.05) is 5.56 Å². The van der Waals surface area contributed by atoms with Crippen LogP contribution in [0.3, 0.4) is 0 Å². The Labute approximate surface area is 87.0 Å². The highest BCUT2D eigenvalue weighted by Crippen LogP contribution is 2.08. The number of Topliss-reactive ketones (excluding diaryl/α,β-unsaturated/α-hetero) is 1. The van der Waals surface area contributed by atoms with Crippen molar-refractivity contribution in [3.63, 3.8) is 0 Å². The molecule has 3 N–H and O–H groups in total. The summed E-state index contributed by atoms with van der Waals surface area (Å²) in [5.41, 5.74) is 5.46. The van der Waals surface area contributed by atoms with E-state index in [0.717, 1.165) is 0 Å². The highest BCUT2D eigenvalue weighted by molar-refractivity contribution is 6.11. The second kappa shape index (κ2) is 4.41. The van der Waals surface area contributed by atoms with E-state index >= 15 is 0 Å². The average Bonchev–Trinajstić information content (AvgIpc) is 2.27. The molecule has 15 heavy (non-hydrogen) atoms. The number of carboxylic acid groups (broad SMARTS) is 1. The first-order valence-electron chi connectivity index (χ1n) is 4.33. The lowest BCUT2D eigenvalue weighted by molar-refractivity contribution is -0.132. The molecule has 1 rings (SSSR count). The van der Waals surface area contributed by atoms with Crippen LogP contribution in [0, 0.1) is 0 Å². The Morgan fingerprint density at radius 3 is 2.20 bits per heavy atom. The topological polar surface area (TPSA) is 80.4 Å². The van der Waals surface area contributed by atoms with Crippen LogP contribution in [0.5, 0.6) is 0 Å². The van der Waals surface area contributed by atoms with Gasteiger partial charge in [0.25, 0.3) is 0 Å². The van der Waals surface area contributed by atoms with Crippen LogP contribution in [0.1, 0.15) is 17.3 Å². The molecule has 0 saturated carbocycles. The minimum atomic E-state index is -1.18. The number of hydrogen-bond donors (Lipinski definition) is 2. The summed E-state index contributed by atoms with van der Waals surface area (Å²) in [5.74, 6) is -1.65. The molecule has 0 radical (unpaired) electrons. The quantitative estimate of drug-likeness (QED) is 0.573. The number of nitrogens with two attached hydrogens (primary N) is 1. The fraction of sp³-hybridized carbons (Fsp3) is 0.0909. The predicted octanol–water partition coefficient (Wildman–Crippen LogP) is 1.19. The predicted molar refractivity (Wildman–Crippen MR) is 55.3 cm³/mol. The SMILES string of the molecule is C/C(C(=O)O)=C(/N)C(=O)c1ccccc1. The van der Waals surface area contributed by atoms with Gasteiger partial charge in [-0.2, -0.15) is 0 Å². The Morgan fingerprint density at radius 1 is 1.20 bits per heavy atom. The van der Waals surface area contributed by atoms with Crippen LogP contribution in [0.25, 0.3) is 0 Å². The van der Waals surface area contributed by atoms with Gasteiger partial charge in [0.1, 0.15) is 0 Å². The Kier molecular flexibility index (Phi) is 3.23. The second-order valence-electron chi connectivity index (χ2n) is 3.04. The Bertz CT molecular complexity index is 421. The van der Waals surface area contributed by atoms with Crippen molar-refractivity contribution in [1.82, 2.24) is 0 Å². The Morgan fingerprint density at radius 2 is 1.73 bits per heavy atom. The summed E-state index contributed by atoms with van der Waals surface area (Å²) in [6.07, 6.45) is 0. The van der Waals surface area contributed by atoms with Crippen LogP contribution in [-0.2, 0) is 4.79 Å². The summed E-state index contributed by atoms with van der Waals surface area (Å²) in [4.78, 5) is 22.2. The summed E-state index contributed by atoms with van der Waals surface area (Å²) in [6, 6.07) is 8.32. The van der Waals surface area contributed by atoms with Crippen molar-refractivity contribution >= 4 is 11.8 Å². The highest BCUT2D eigenvalue weighted by atomic mass is 16.4. The van der Waals surface area contributed by atoms with Crippen molar-refractivity contribution < 1.29 is 14.7 Å². The number of benzene rings is 1. The van der Waals surface area contributed by atoms with Gasteiger partial charge in [-0.15, -0.1) is 0 Å². The van der Waals surface area contributed by atoms with Gasteiger partial charge >= 0.3 is 5.97 Å². The molecular formula is C11H11NO3. The van der Waals surface area contributed by atoms with Crippen LogP contribution in [-0.4, -0.2) is 16.9 Å². The van der Waals surface area contributed by atoms with E-state index < -0.39 is 11.8 Å². The van der Waals surface area contributed by atoms with Crippen molar-refractivity contribution in [3.8, 4) is 0 Å². The molecule has 4 heteroatoms. The lowest BCUT2D eigenvalue weighted by Gasteiger charge is -2.02. The summed E-state index contributed by atoms with van der Waals surface area (Å²) in [7, 11) is 0. The zero-order valence-electron chi connectivity index (χ0n) is 8.23. The van der Waals surface area contributed by atoms with Gasteiger partial charge in [-0.1, -0.05) is 30.3 Å². The number of ketones is 1. The summed E-state index contributed by atoms with van der Waals surface area (Å²) in [6.45, 7) is 1.30. The van der Waals surface area contributed by atoms with Gasteiger partial charge in [-0.3, -0.25) is 4.79 Å². The molecule has 0 amide bonds. The molecule has 0 saturated heterocycles. The average molecular weight is 205 g/mol. The van der Waals surface area contributed by atoms with Crippen LogP contribution in [0.4, 0.5) is 0 Å². The first-order chi connectivity index (χ1) is 7.04. The van der Waals surface area contributed by atoms with Crippen LogP contribution < -0.4 is 5.73 Å². The van der Waals surface area contributed by atoms with E-state index in [4.69, 9.17) is 10.8 Å². The Hall–Kier alpha value is -2.10. The van der Waals surface area contributed by atoms with E-state index in [1.807, 2.05) is 0 Å². The van der Waals surface area contributed by atoms with Gasteiger partial charge in [0.05, 0.1) is 11.3 Å². The molecule has 0 spiro atoms. The molecule has 0 aliphatic heterocycles. The van der Waals surface area contributed by atoms with Crippen molar-refractivity contribution in [3.05, 3.63) is 47.2 Å². The van der Waals surface area contributed by atoms with Crippen LogP contribution >= 0.6 is 0 Å². The minimum Gasteiger partial charge on any atom is -0.478 e. The molecule has 0 fully saturated rings. The lowest BCUT2D eigenvalue weighted by atomic mass is 10.1. The van der Waals surface area contributed by atoms with Gasteiger partial charge < -0.3 is 10.8 Å². The van der Waals surface area contributed by atoms with Gasteiger partial charge in [0.15, 0.2) is 0 Å². The van der Waals surface area contributed by atoms with E-state index in [0.29, 0.717) is 5.56 Å². The first kappa shape index (κ1) is 11.0. The zero-order chi connectivity index (χ0) is 11.4. The van der Waals surface area contributed by atoms with Gasteiger partial charge in [-0.05, 0) is 6.92 Å². The number of carbonyl (C=O) groups excluding carboxylic acids is 1. The van der Waals surface area contributed by atoms with E-state index in [2.05, 4.69) is 0 Å². The lowest BCUT2D eigenvalue weighted by Crippen LogP contribution is -2.17. The minimum absolute atomic E-state index is 0.135. The molecule has 4 nitrogen and oxygen atoms in total. The molecule has 0 unspecified atom stereocenters.